The van der Waals surface area contributed by atoms with Crippen LogP contribution in [0.25, 0.3) is 0 Å². The van der Waals surface area contributed by atoms with Crippen LogP contribution in [0.15, 0.2) is 34.9 Å². The maximum absolute atomic E-state index is 11.7. The van der Waals surface area contributed by atoms with Crippen molar-refractivity contribution in [2.75, 3.05) is 22.9 Å². The molecule has 1 amide bonds. The molecule has 1 aromatic heterocycles. The summed E-state index contributed by atoms with van der Waals surface area (Å²) in [5.74, 6) is 0.453. The number of ether oxygens (including phenoxy) is 1. The molecule has 8 nitrogen and oxygen atoms in total. The summed E-state index contributed by atoms with van der Waals surface area (Å²) in [6.07, 6.45) is 1.06. The Kier molecular flexibility index (Phi) is 4.66. The van der Waals surface area contributed by atoms with Gasteiger partial charge in [0, 0.05) is 17.4 Å². The van der Waals surface area contributed by atoms with Crippen molar-refractivity contribution in [3.05, 3.63) is 36.1 Å². The van der Waals surface area contributed by atoms with Gasteiger partial charge in [-0.3, -0.25) is 9.52 Å². The van der Waals surface area contributed by atoms with Crippen molar-refractivity contribution < 1.29 is 22.5 Å². The number of amides is 1. The molecule has 0 aliphatic rings. The van der Waals surface area contributed by atoms with E-state index in [4.69, 9.17) is 9.26 Å². The zero-order chi connectivity index (χ0) is 16.2. The molecule has 0 atom stereocenters. The molecule has 2 aromatic rings. The molecule has 0 aliphatic carbocycles. The van der Waals surface area contributed by atoms with E-state index in [1.54, 1.807) is 37.3 Å². The highest BCUT2D eigenvalue weighted by molar-refractivity contribution is 7.92. The minimum atomic E-state index is -3.32. The predicted molar refractivity (Wildman–Crippen MR) is 80.3 cm³/mol. The lowest BCUT2D eigenvalue weighted by Gasteiger charge is -2.07. The number of hydrogen-bond acceptors (Lipinski definition) is 6. The van der Waals surface area contributed by atoms with Crippen molar-refractivity contribution in [2.45, 2.75) is 6.92 Å². The van der Waals surface area contributed by atoms with Gasteiger partial charge in [-0.2, -0.15) is 0 Å². The summed E-state index contributed by atoms with van der Waals surface area (Å²) >= 11 is 0. The van der Waals surface area contributed by atoms with Gasteiger partial charge >= 0.3 is 0 Å². The van der Waals surface area contributed by atoms with Crippen molar-refractivity contribution in [3.8, 4) is 5.88 Å². The van der Waals surface area contributed by atoms with Gasteiger partial charge in [0.05, 0.1) is 6.26 Å². The van der Waals surface area contributed by atoms with Gasteiger partial charge < -0.3 is 14.6 Å². The number of benzene rings is 1. The Morgan fingerprint density at radius 1 is 1.27 bits per heavy atom. The van der Waals surface area contributed by atoms with Gasteiger partial charge in [0.1, 0.15) is 5.76 Å². The highest BCUT2D eigenvalue weighted by Gasteiger charge is 2.07. The second-order valence-corrected chi connectivity index (χ2v) is 6.31. The van der Waals surface area contributed by atoms with Crippen LogP contribution in [0.5, 0.6) is 5.88 Å². The Bertz CT molecular complexity index is 752. The molecular formula is C13H15N3O5S. The largest absolute Gasteiger partial charge is 0.465 e. The van der Waals surface area contributed by atoms with Crippen molar-refractivity contribution in [1.29, 1.82) is 0 Å². The summed E-state index contributed by atoms with van der Waals surface area (Å²) in [5, 5.41) is 6.21. The highest BCUT2D eigenvalue weighted by atomic mass is 32.2. The zero-order valence-electron chi connectivity index (χ0n) is 12.0. The molecule has 0 aliphatic heterocycles. The molecule has 2 N–H and O–H groups in total. The van der Waals surface area contributed by atoms with Gasteiger partial charge in [0.15, 0.2) is 6.61 Å². The van der Waals surface area contributed by atoms with Crippen molar-refractivity contribution in [1.82, 2.24) is 5.16 Å². The van der Waals surface area contributed by atoms with Crippen LogP contribution in [0.3, 0.4) is 0 Å². The van der Waals surface area contributed by atoms with E-state index < -0.39 is 10.0 Å². The molecule has 0 radical (unpaired) electrons. The molecule has 118 valence electrons. The third-order valence-corrected chi connectivity index (χ3v) is 3.04. The second-order valence-electron chi connectivity index (χ2n) is 4.56. The molecule has 0 saturated heterocycles. The fraction of sp³-hybridized carbons (Fsp3) is 0.231. The zero-order valence-corrected chi connectivity index (χ0v) is 12.8. The molecule has 9 heteroatoms. The number of carbonyl (C=O) groups is 1. The molecule has 0 spiro atoms. The molecule has 1 heterocycles. The summed E-state index contributed by atoms with van der Waals surface area (Å²) in [6.45, 7) is 1.50. The van der Waals surface area contributed by atoms with Crippen LogP contribution in [0.4, 0.5) is 11.4 Å². The molecule has 0 bridgehead atoms. The molecule has 0 unspecified atom stereocenters. The Labute approximate surface area is 127 Å². The smallest absolute Gasteiger partial charge is 0.262 e. The lowest BCUT2D eigenvalue weighted by Crippen LogP contribution is -2.20. The maximum Gasteiger partial charge on any atom is 0.262 e. The van der Waals surface area contributed by atoms with Gasteiger partial charge in [-0.15, -0.1) is 0 Å². The van der Waals surface area contributed by atoms with Crippen LogP contribution in [0.2, 0.25) is 0 Å². The maximum atomic E-state index is 11.7. The molecule has 2 rings (SSSR count). The number of nitrogens with zero attached hydrogens (tertiary/aromatic N) is 1. The summed E-state index contributed by atoms with van der Waals surface area (Å²) in [5.41, 5.74) is 0.929. The van der Waals surface area contributed by atoms with E-state index in [0.717, 1.165) is 6.26 Å². The SMILES string of the molecule is Cc1cc(OCC(=O)Nc2ccc(NS(C)(=O)=O)cc2)no1. The molecule has 22 heavy (non-hydrogen) atoms. The number of sulfonamides is 1. The first-order valence-electron chi connectivity index (χ1n) is 6.26. The molecule has 1 aromatic carbocycles. The number of nitrogens with one attached hydrogen (secondary N) is 2. The summed E-state index contributed by atoms with van der Waals surface area (Å²) in [4.78, 5) is 11.7. The highest BCUT2D eigenvalue weighted by Crippen LogP contribution is 2.15. The van der Waals surface area contributed by atoms with Gasteiger partial charge in [-0.1, -0.05) is 0 Å². The number of rotatable bonds is 6. The standard InChI is InChI=1S/C13H15N3O5S/c1-9-7-13(15-21-9)20-8-12(17)14-10-3-5-11(6-4-10)16-22(2,18)19/h3-7,16H,8H2,1-2H3,(H,14,17). The Morgan fingerprint density at radius 2 is 1.91 bits per heavy atom. The normalized spacial score (nSPS) is 11.0. The number of aryl methyl sites for hydroxylation is 1. The van der Waals surface area contributed by atoms with Crippen LogP contribution >= 0.6 is 0 Å². The van der Waals surface area contributed by atoms with E-state index in [2.05, 4.69) is 15.2 Å². The van der Waals surface area contributed by atoms with Gasteiger partial charge in [-0.25, -0.2) is 8.42 Å². The Hall–Kier alpha value is -2.55. The monoisotopic (exact) mass is 325 g/mol. The number of carbonyl (C=O) groups excluding carboxylic acids is 1. The summed E-state index contributed by atoms with van der Waals surface area (Å²) in [7, 11) is -3.32. The van der Waals surface area contributed by atoms with Crippen LogP contribution in [-0.2, 0) is 14.8 Å². The topological polar surface area (TPSA) is 111 Å². The third-order valence-electron chi connectivity index (χ3n) is 2.43. The van der Waals surface area contributed by atoms with E-state index >= 15 is 0 Å². The van der Waals surface area contributed by atoms with Crippen LogP contribution in [0, 0.1) is 6.92 Å². The molecule has 0 fully saturated rings. The lowest BCUT2D eigenvalue weighted by molar-refractivity contribution is -0.118. The number of hydrogen-bond donors (Lipinski definition) is 2. The van der Waals surface area contributed by atoms with Gasteiger partial charge in [0.2, 0.25) is 10.0 Å². The first-order chi connectivity index (χ1) is 10.3. The molecular weight excluding hydrogens is 310 g/mol. The van der Waals surface area contributed by atoms with E-state index in [-0.39, 0.29) is 18.4 Å². The number of aromatic nitrogens is 1. The Morgan fingerprint density at radius 3 is 2.45 bits per heavy atom. The van der Waals surface area contributed by atoms with Crippen LogP contribution < -0.4 is 14.8 Å². The minimum absolute atomic E-state index is 0.213. The molecule has 0 saturated carbocycles. The average Bonchev–Trinajstić information content (AvgIpc) is 2.83. The van der Waals surface area contributed by atoms with Crippen molar-refractivity contribution in [2.24, 2.45) is 0 Å². The van der Waals surface area contributed by atoms with Crippen LogP contribution in [0.1, 0.15) is 5.76 Å². The quantitative estimate of drug-likeness (QED) is 0.830. The first kappa shape index (κ1) is 15.8. The third kappa shape index (κ3) is 5.09. The second kappa shape index (κ2) is 6.48. The van der Waals surface area contributed by atoms with E-state index in [1.807, 2.05) is 0 Å². The van der Waals surface area contributed by atoms with Crippen molar-refractivity contribution in [3.63, 3.8) is 0 Å². The first-order valence-corrected chi connectivity index (χ1v) is 8.15. The fourth-order valence-electron chi connectivity index (χ4n) is 1.58. The fourth-order valence-corrected chi connectivity index (χ4v) is 2.15. The van der Waals surface area contributed by atoms with E-state index in [1.165, 1.54) is 0 Å². The lowest BCUT2D eigenvalue weighted by atomic mass is 10.3. The van der Waals surface area contributed by atoms with Crippen molar-refractivity contribution >= 4 is 27.3 Å². The minimum Gasteiger partial charge on any atom is -0.465 e. The van der Waals surface area contributed by atoms with E-state index in [9.17, 15) is 13.2 Å². The number of anilines is 2. The van der Waals surface area contributed by atoms with Gasteiger partial charge in [-0.05, 0) is 36.3 Å². The summed E-state index contributed by atoms with van der Waals surface area (Å²) < 4.78 is 34.4. The predicted octanol–water partition coefficient (Wildman–Crippen LogP) is 1.37. The Balaban J connectivity index is 1.86. The summed E-state index contributed by atoms with van der Waals surface area (Å²) in [6, 6.07) is 7.80. The van der Waals surface area contributed by atoms with E-state index in [0.29, 0.717) is 17.1 Å². The van der Waals surface area contributed by atoms with Crippen LogP contribution in [-0.4, -0.2) is 32.3 Å². The average molecular weight is 325 g/mol. The van der Waals surface area contributed by atoms with Gasteiger partial charge in [0.25, 0.3) is 11.8 Å².